The van der Waals surface area contributed by atoms with Crippen molar-refractivity contribution in [1.82, 2.24) is 0 Å². The van der Waals surface area contributed by atoms with Gasteiger partial charge < -0.3 is 11.5 Å². The fraction of sp³-hybridized carbons (Fsp3) is 0.0909. The van der Waals surface area contributed by atoms with Gasteiger partial charge in [-0.3, -0.25) is 0 Å². The van der Waals surface area contributed by atoms with Crippen LogP contribution in [0.4, 0.5) is 11.4 Å². The monoisotopic (exact) mass is 454 g/mol. The van der Waals surface area contributed by atoms with E-state index in [0.717, 1.165) is 55.9 Å². The van der Waals surface area contributed by atoms with Crippen molar-refractivity contribution in [2.24, 2.45) is 0 Å². The van der Waals surface area contributed by atoms with E-state index in [1.807, 2.05) is 12.1 Å². The molecule has 0 saturated heterocycles. The summed E-state index contributed by atoms with van der Waals surface area (Å²) >= 11 is 0. The molecule has 0 heterocycles. The van der Waals surface area contributed by atoms with Crippen LogP contribution in [0.3, 0.4) is 0 Å². The third-order valence-corrected chi connectivity index (χ3v) is 6.50. The number of aryl methyl sites for hydroxylation is 3. The van der Waals surface area contributed by atoms with Crippen LogP contribution < -0.4 is 11.5 Å². The molecule has 0 spiro atoms. The van der Waals surface area contributed by atoms with E-state index < -0.39 is 0 Å². The van der Waals surface area contributed by atoms with Gasteiger partial charge in [-0.15, -0.1) is 0 Å². The molecule has 4 N–H and O–H groups in total. The Morgan fingerprint density at radius 2 is 0.914 bits per heavy atom. The molecule has 0 atom stereocenters. The number of hydrogen-bond donors (Lipinski definition) is 2. The van der Waals surface area contributed by atoms with E-state index in [4.69, 9.17) is 11.5 Å². The molecule has 0 aliphatic heterocycles. The number of benzene rings is 5. The lowest BCUT2D eigenvalue weighted by Gasteiger charge is -2.23. The molecule has 5 aromatic carbocycles. The normalized spacial score (nSPS) is 10.9. The van der Waals surface area contributed by atoms with Gasteiger partial charge in [0.25, 0.3) is 0 Å². The maximum atomic E-state index is 6.91. The van der Waals surface area contributed by atoms with Crippen molar-refractivity contribution in [3.63, 3.8) is 0 Å². The maximum absolute atomic E-state index is 6.91. The van der Waals surface area contributed by atoms with Crippen LogP contribution in [0.1, 0.15) is 16.7 Å². The zero-order valence-corrected chi connectivity index (χ0v) is 20.5. The first kappa shape index (κ1) is 22.5. The SMILES string of the molecule is Cc1cccc(-c2cc(N)c(-c3cccc(C)c3)c(-c3cccc(C)c3)c2-c2ccc(N)cc2)c1. The first-order valence-electron chi connectivity index (χ1n) is 11.9. The maximum Gasteiger partial charge on any atom is 0.0406 e. The lowest BCUT2D eigenvalue weighted by Crippen LogP contribution is -2.00. The van der Waals surface area contributed by atoms with Crippen LogP contribution in [-0.4, -0.2) is 0 Å². The Balaban J connectivity index is 1.97. The number of anilines is 2. The van der Waals surface area contributed by atoms with Crippen molar-refractivity contribution in [1.29, 1.82) is 0 Å². The van der Waals surface area contributed by atoms with Crippen molar-refractivity contribution < 1.29 is 0 Å². The van der Waals surface area contributed by atoms with Crippen LogP contribution >= 0.6 is 0 Å². The molecule has 2 nitrogen and oxygen atoms in total. The minimum atomic E-state index is 0.748. The van der Waals surface area contributed by atoms with E-state index >= 15 is 0 Å². The van der Waals surface area contributed by atoms with Crippen molar-refractivity contribution in [3.8, 4) is 44.5 Å². The highest BCUT2D eigenvalue weighted by Gasteiger charge is 2.22. The molecule has 0 unspecified atom stereocenters. The van der Waals surface area contributed by atoms with Gasteiger partial charge in [-0.2, -0.15) is 0 Å². The average Bonchev–Trinajstić information content (AvgIpc) is 2.84. The quantitative estimate of drug-likeness (QED) is 0.268. The van der Waals surface area contributed by atoms with Gasteiger partial charge in [0.15, 0.2) is 0 Å². The molecule has 0 saturated carbocycles. The number of nitrogen functional groups attached to an aromatic ring is 2. The van der Waals surface area contributed by atoms with E-state index in [1.54, 1.807) is 0 Å². The average molecular weight is 455 g/mol. The largest absolute Gasteiger partial charge is 0.399 e. The second kappa shape index (κ2) is 9.15. The Morgan fingerprint density at radius 3 is 1.46 bits per heavy atom. The van der Waals surface area contributed by atoms with E-state index in [0.29, 0.717) is 0 Å². The first-order valence-corrected chi connectivity index (χ1v) is 11.9. The molecule has 0 amide bonds. The molecule has 5 rings (SSSR count). The molecular weight excluding hydrogens is 424 g/mol. The molecule has 5 aromatic rings. The second-order valence-electron chi connectivity index (χ2n) is 9.37. The molecule has 0 aromatic heterocycles. The lowest BCUT2D eigenvalue weighted by molar-refractivity contribution is 1.44. The Labute approximate surface area is 207 Å². The van der Waals surface area contributed by atoms with Crippen molar-refractivity contribution in [2.45, 2.75) is 20.8 Å². The molecule has 2 heteroatoms. The van der Waals surface area contributed by atoms with Crippen LogP contribution in [0.25, 0.3) is 44.5 Å². The summed E-state index contributed by atoms with van der Waals surface area (Å²) in [6.07, 6.45) is 0. The number of rotatable bonds is 4. The van der Waals surface area contributed by atoms with Gasteiger partial charge in [-0.05, 0) is 72.4 Å². The van der Waals surface area contributed by atoms with Gasteiger partial charge in [-0.1, -0.05) is 102 Å². The molecule has 0 fully saturated rings. The van der Waals surface area contributed by atoms with Gasteiger partial charge in [0.1, 0.15) is 0 Å². The van der Waals surface area contributed by atoms with Crippen molar-refractivity contribution in [2.75, 3.05) is 11.5 Å². The third-order valence-electron chi connectivity index (χ3n) is 6.50. The van der Waals surface area contributed by atoms with E-state index in [9.17, 15) is 0 Å². The topological polar surface area (TPSA) is 52.0 Å². The molecule has 35 heavy (non-hydrogen) atoms. The van der Waals surface area contributed by atoms with E-state index in [1.165, 1.54) is 16.7 Å². The predicted octanol–water partition coefficient (Wildman–Crippen LogP) is 8.44. The van der Waals surface area contributed by atoms with Crippen LogP contribution in [0.2, 0.25) is 0 Å². The molecule has 0 bridgehead atoms. The zero-order chi connectivity index (χ0) is 24.5. The third kappa shape index (κ3) is 4.43. The fourth-order valence-electron chi connectivity index (χ4n) is 4.89. The Bertz CT molecular complexity index is 1530. The van der Waals surface area contributed by atoms with E-state index in [-0.39, 0.29) is 0 Å². The van der Waals surface area contributed by atoms with Gasteiger partial charge in [-0.25, -0.2) is 0 Å². The number of nitrogens with two attached hydrogens (primary N) is 2. The smallest absolute Gasteiger partial charge is 0.0406 e. The van der Waals surface area contributed by atoms with E-state index in [2.05, 4.69) is 112 Å². The van der Waals surface area contributed by atoms with Crippen molar-refractivity contribution >= 4 is 11.4 Å². The lowest BCUT2D eigenvalue weighted by atomic mass is 9.81. The first-order chi connectivity index (χ1) is 16.9. The molecular formula is C33H30N2. The summed E-state index contributed by atoms with van der Waals surface area (Å²) in [5.74, 6) is 0. The summed E-state index contributed by atoms with van der Waals surface area (Å²) in [7, 11) is 0. The zero-order valence-electron chi connectivity index (χ0n) is 20.5. The summed E-state index contributed by atoms with van der Waals surface area (Å²) in [6.45, 7) is 6.37. The molecule has 0 aliphatic carbocycles. The summed E-state index contributed by atoms with van der Waals surface area (Å²) < 4.78 is 0. The molecule has 0 aliphatic rings. The standard InChI is InChI=1S/C33H30N2/c1-21-7-4-10-25(17-21)29-20-30(35)32(26-11-5-8-22(2)18-26)33(27-12-6-9-23(3)19-27)31(29)24-13-15-28(34)16-14-24/h4-20H,34-35H2,1-3H3. The van der Waals surface area contributed by atoms with Crippen molar-refractivity contribution in [3.05, 3.63) is 120 Å². The minimum absolute atomic E-state index is 0.748. The summed E-state index contributed by atoms with van der Waals surface area (Å²) in [5, 5.41) is 0. The highest BCUT2D eigenvalue weighted by molar-refractivity contribution is 6.06. The highest BCUT2D eigenvalue weighted by atomic mass is 14.6. The Kier molecular flexibility index (Phi) is 5.88. The highest BCUT2D eigenvalue weighted by Crippen LogP contribution is 2.48. The molecule has 172 valence electrons. The van der Waals surface area contributed by atoms with Crippen LogP contribution in [0.5, 0.6) is 0 Å². The predicted molar refractivity (Wildman–Crippen MR) is 151 cm³/mol. The number of hydrogen-bond acceptors (Lipinski definition) is 2. The summed E-state index contributed by atoms with van der Waals surface area (Å²) in [6, 6.07) is 36.2. The summed E-state index contributed by atoms with van der Waals surface area (Å²) in [5.41, 5.74) is 27.1. The second-order valence-corrected chi connectivity index (χ2v) is 9.37. The Hall–Kier alpha value is -4.30. The molecule has 0 radical (unpaired) electrons. The van der Waals surface area contributed by atoms with Crippen LogP contribution in [0, 0.1) is 20.8 Å². The van der Waals surface area contributed by atoms with Gasteiger partial charge in [0.2, 0.25) is 0 Å². The van der Waals surface area contributed by atoms with Crippen LogP contribution in [-0.2, 0) is 0 Å². The summed E-state index contributed by atoms with van der Waals surface area (Å²) in [4.78, 5) is 0. The van der Waals surface area contributed by atoms with Gasteiger partial charge in [0.05, 0.1) is 0 Å². The minimum Gasteiger partial charge on any atom is -0.399 e. The van der Waals surface area contributed by atoms with Gasteiger partial charge >= 0.3 is 0 Å². The Morgan fingerprint density at radius 1 is 0.429 bits per heavy atom. The van der Waals surface area contributed by atoms with Crippen LogP contribution in [0.15, 0.2) is 103 Å². The van der Waals surface area contributed by atoms with Gasteiger partial charge in [0, 0.05) is 22.5 Å². The fourth-order valence-corrected chi connectivity index (χ4v) is 4.89.